The molecule has 8 heteroatoms. The molecule has 0 bridgehead atoms. The second kappa shape index (κ2) is 10.1. The minimum Gasteiger partial charge on any atom is -0.454 e. The van der Waals surface area contributed by atoms with Gasteiger partial charge in [0.2, 0.25) is 0 Å². The lowest BCUT2D eigenvalue weighted by molar-refractivity contribution is -0.160. The summed E-state index contributed by atoms with van der Waals surface area (Å²) >= 11 is 0. The van der Waals surface area contributed by atoms with Crippen LogP contribution < -0.4 is 0 Å². The summed E-state index contributed by atoms with van der Waals surface area (Å²) in [6.07, 6.45) is -1.05. The molecule has 2 fully saturated rings. The highest BCUT2D eigenvalue weighted by Gasteiger charge is 2.67. The minimum absolute atomic E-state index is 0.112. The Morgan fingerprint density at radius 1 is 1.21 bits per heavy atom. The van der Waals surface area contributed by atoms with E-state index in [0.717, 1.165) is 0 Å². The molecule has 2 rings (SSSR count). The van der Waals surface area contributed by atoms with Crippen molar-refractivity contribution in [2.75, 3.05) is 0 Å². The second-order valence-electron chi connectivity index (χ2n) is 9.77. The first kappa shape index (κ1) is 27.2. The first-order valence-electron chi connectivity index (χ1n) is 11.3. The van der Waals surface area contributed by atoms with E-state index in [2.05, 4.69) is 6.58 Å². The molecule has 2 aliphatic rings. The molecule has 8 nitrogen and oxygen atoms in total. The number of carbonyl (C=O) groups is 2. The van der Waals surface area contributed by atoms with Crippen molar-refractivity contribution in [3.63, 3.8) is 0 Å². The highest BCUT2D eigenvalue weighted by molar-refractivity contribution is 5.88. The van der Waals surface area contributed by atoms with Crippen molar-refractivity contribution in [2.45, 2.75) is 103 Å². The molecular weight excluding hydrogens is 428 g/mol. The zero-order valence-corrected chi connectivity index (χ0v) is 20.6. The fourth-order valence-electron chi connectivity index (χ4n) is 3.95. The summed E-state index contributed by atoms with van der Waals surface area (Å²) in [6, 6.07) is 0. The number of fused-ring (bicyclic) bond motifs is 1. The van der Waals surface area contributed by atoms with E-state index in [1.165, 1.54) is 13.8 Å². The zero-order chi connectivity index (χ0) is 25.3. The fourth-order valence-corrected chi connectivity index (χ4v) is 3.95. The van der Waals surface area contributed by atoms with Crippen molar-refractivity contribution in [3.05, 3.63) is 35.5 Å². The Labute approximate surface area is 195 Å². The van der Waals surface area contributed by atoms with Crippen LogP contribution in [0.25, 0.3) is 0 Å². The van der Waals surface area contributed by atoms with E-state index in [9.17, 15) is 24.9 Å². The standard InChI is InChI=1S/C25H38O8/c1-9-13(3)22(28)31-17(12-18(26)24(6,7)30)15(5)16-11-19-25(8,33-19)21(20(16)27)32-23(29)14(4)10-2/h9-10,16-21,26-27,30H,5,11-12H2,1-4,6-8H3/b13-9-,14-10-/t16-,17?,18?,19-,20+,21+,25-/m1/s1. The Morgan fingerprint density at radius 3 is 2.27 bits per heavy atom. The van der Waals surface area contributed by atoms with Crippen LogP contribution in [0.1, 0.15) is 61.3 Å². The number of allylic oxidation sites excluding steroid dienone is 2. The van der Waals surface area contributed by atoms with Gasteiger partial charge in [-0.05, 0) is 60.5 Å². The number of aliphatic hydroxyl groups is 3. The van der Waals surface area contributed by atoms with Gasteiger partial charge in [0.05, 0.1) is 17.8 Å². The molecule has 1 heterocycles. The van der Waals surface area contributed by atoms with Gasteiger partial charge in [-0.15, -0.1) is 0 Å². The first-order chi connectivity index (χ1) is 15.2. The number of hydrogen-bond acceptors (Lipinski definition) is 8. The van der Waals surface area contributed by atoms with Gasteiger partial charge in [-0.1, -0.05) is 18.7 Å². The molecule has 7 atom stereocenters. The van der Waals surface area contributed by atoms with E-state index in [1.54, 1.807) is 46.8 Å². The number of epoxide rings is 1. The van der Waals surface area contributed by atoms with Crippen LogP contribution in [-0.4, -0.2) is 69.0 Å². The Morgan fingerprint density at radius 2 is 1.76 bits per heavy atom. The first-order valence-corrected chi connectivity index (χ1v) is 11.3. The third-order valence-electron chi connectivity index (χ3n) is 6.87. The lowest BCUT2D eigenvalue weighted by Crippen LogP contribution is -2.52. The predicted molar refractivity (Wildman–Crippen MR) is 122 cm³/mol. The van der Waals surface area contributed by atoms with Crippen LogP contribution in [-0.2, 0) is 23.8 Å². The van der Waals surface area contributed by atoms with Crippen molar-refractivity contribution in [2.24, 2.45) is 5.92 Å². The summed E-state index contributed by atoms with van der Waals surface area (Å²) in [5, 5.41) is 31.9. The van der Waals surface area contributed by atoms with Crippen molar-refractivity contribution in [3.8, 4) is 0 Å². The number of carbonyl (C=O) groups excluding carboxylic acids is 2. The monoisotopic (exact) mass is 466 g/mol. The molecule has 0 aromatic rings. The van der Waals surface area contributed by atoms with E-state index < -0.39 is 53.5 Å². The van der Waals surface area contributed by atoms with Gasteiger partial charge in [-0.2, -0.15) is 0 Å². The van der Waals surface area contributed by atoms with E-state index in [4.69, 9.17) is 14.2 Å². The van der Waals surface area contributed by atoms with Gasteiger partial charge in [-0.25, -0.2) is 9.59 Å². The van der Waals surface area contributed by atoms with Crippen molar-refractivity contribution >= 4 is 11.9 Å². The molecule has 0 spiro atoms. The molecule has 0 aromatic carbocycles. The normalized spacial score (nSPS) is 31.8. The summed E-state index contributed by atoms with van der Waals surface area (Å²) in [6.45, 7) is 15.4. The Hall–Kier alpha value is -2.00. The van der Waals surface area contributed by atoms with Crippen LogP contribution in [0.4, 0.5) is 0 Å². The summed E-state index contributed by atoms with van der Waals surface area (Å²) in [5.41, 5.74) is -1.09. The molecular formula is C25H38O8. The van der Waals surface area contributed by atoms with E-state index in [1.807, 2.05) is 0 Å². The predicted octanol–water partition coefficient (Wildman–Crippen LogP) is 2.36. The summed E-state index contributed by atoms with van der Waals surface area (Å²) in [7, 11) is 0. The number of aliphatic hydroxyl groups excluding tert-OH is 2. The average molecular weight is 467 g/mol. The van der Waals surface area contributed by atoms with Crippen molar-refractivity contribution in [1.29, 1.82) is 0 Å². The summed E-state index contributed by atoms with van der Waals surface area (Å²) in [5.74, 6) is -1.75. The van der Waals surface area contributed by atoms with Crippen molar-refractivity contribution in [1.82, 2.24) is 0 Å². The second-order valence-corrected chi connectivity index (χ2v) is 9.77. The third kappa shape index (κ3) is 5.93. The van der Waals surface area contributed by atoms with E-state index in [-0.39, 0.29) is 12.5 Å². The highest BCUT2D eigenvalue weighted by atomic mass is 16.7. The lowest BCUT2D eigenvalue weighted by Gasteiger charge is -2.39. The minimum atomic E-state index is -1.44. The van der Waals surface area contributed by atoms with Crippen LogP contribution in [0.2, 0.25) is 0 Å². The van der Waals surface area contributed by atoms with Crippen LogP contribution in [0.15, 0.2) is 35.5 Å². The SMILES string of the molecule is C=C(C(CC(O)C(C)(C)O)OC(=O)/C(C)=C\C)[C@H]1C[C@H]2O[C@@]2(C)[C@@H](OC(=O)/C(C)=C\C)[C@H]1O. The number of rotatable bonds is 9. The average Bonchev–Trinajstić information content (AvgIpc) is 3.43. The topological polar surface area (TPSA) is 126 Å². The molecule has 1 aliphatic carbocycles. The van der Waals surface area contributed by atoms with Gasteiger partial charge in [-0.3, -0.25) is 0 Å². The maximum Gasteiger partial charge on any atom is 0.333 e. The quantitative estimate of drug-likeness (QED) is 0.205. The lowest BCUT2D eigenvalue weighted by atomic mass is 9.73. The largest absolute Gasteiger partial charge is 0.454 e. The van der Waals surface area contributed by atoms with Crippen LogP contribution in [0.3, 0.4) is 0 Å². The Kier molecular flexibility index (Phi) is 8.33. The maximum absolute atomic E-state index is 12.5. The molecule has 0 radical (unpaired) electrons. The van der Waals surface area contributed by atoms with Gasteiger partial charge in [0, 0.05) is 23.5 Å². The van der Waals surface area contributed by atoms with Crippen molar-refractivity contribution < 1.29 is 39.1 Å². The molecule has 0 aromatic heterocycles. The summed E-state index contributed by atoms with van der Waals surface area (Å²) in [4.78, 5) is 24.9. The number of hydrogen-bond donors (Lipinski definition) is 3. The van der Waals surface area contributed by atoms with Gasteiger partial charge in [0.15, 0.2) is 6.10 Å². The molecule has 3 N–H and O–H groups in total. The van der Waals surface area contributed by atoms with Crippen LogP contribution >= 0.6 is 0 Å². The molecule has 1 aliphatic heterocycles. The van der Waals surface area contributed by atoms with Gasteiger partial charge >= 0.3 is 11.9 Å². The maximum atomic E-state index is 12.5. The van der Waals surface area contributed by atoms with Crippen LogP contribution in [0.5, 0.6) is 0 Å². The molecule has 1 saturated heterocycles. The van der Waals surface area contributed by atoms with Crippen LogP contribution in [0, 0.1) is 5.92 Å². The molecule has 2 unspecified atom stereocenters. The third-order valence-corrected chi connectivity index (χ3v) is 6.87. The molecule has 1 saturated carbocycles. The summed E-state index contributed by atoms with van der Waals surface area (Å²) < 4.78 is 17.0. The van der Waals surface area contributed by atoms with E-state index in [0.29, 0.717) is 23.1 Å². The molecule has 0 amide bonds. The van der Waals surface area contributed by atoms with E-state index >= 15 is 0 Å². The number of ether oxygens (including phenoxy) is 3. The number of esters is 2. The molecule has 186 valence electrons. The van der Waals surface area contributed by atoms with Gasteiger partial charge < -0.3 is 29.5 Å². The highest BCUT2D eigenvalue weighted by Crippen LogP contribution is 2.52. The Bertz CT molecular complexity index is 836. The fraction of sp³-hybridized carbons (Fsp3) is 0.680. The Balaban J connectivity index is 2.30. The molecule has 33 heavy (non-hydrogen) atoms. The zero-order valence-electron chi connectivity index (χ0n) is 20.6. The van der Waals surface area contributed by atoms with Gasteiger partial charge in [0.1, 0.15) is 17.8 Å². The smallest absolute Gasteiger partial charge is 0.333 e. The van der Waals surface area contributed by atoms with Gasteiger partial charge in [0.25, 0.3) is 0 Å².